The smallest absolute Gasteiger partial charge is 0.119 e. The summed E-state index contributed by atoms with van der Waals surface area (Å²) in [5.74, 6) is 1.13. The molecular weight excluding hydrogens is 526 g/mol. The molecule has 42 heavy (non-hydrogen) atoms. The monoisotopic (exact) mass is 575 g/mol. The molecule has 0 bridgehead atoms. The van der Waals surface area contributed by atoms with Crippen LogP contribution in [0.1, 0.15) is 68.2 Å². The summed E-state index contributed by atoms with van der Waals surface area (Å²) in [6, 6.07) is 27.1. The molecule has 3 aromatic carbocycles. The minimum absolute atomic E-state index is 0.00822. The fraction of sp³-hybridized carbons (Fsp3) is 0.500. The molecule has 0 spiro atoms. The summed E-state index contributed by atoms with van der Waals surface area (Å²) < 4.78 is 24.2. The molecule has 2 atom stereocenters. The number of likely N-dealkylation sites (tertiary alicyclic amines) is 1. The lowest BCUT2D eigenvalue weighted by Gasteiger charge is -2.37. The van der Waals surface area contributed by atoms with Crippen molar-refractivity contribution in [2.24, 2.45) is 5.41 Å². The van der Waals surface area contributed by atoms with Crippen molar-refractivity contribution in [2.75, 3.05) is 39.6 Å². The first-order chi connectivity index (χ1) is 20.4. The second kappa shape index (κ2) is 16.8. The predicted molar refractivity (Wildman–Crippen MR) is 167 cm³/mol. The molecule has 228 valence electrons. The van der Waals surface area contributed by atoms with Crippen molar-refractivity contribution in [1.82, 2.24) is 4.90 Å². The summed E-state index contributed by atoms with van der Waals surface area (Å²) in [5, 5.41) is 9.80. The molecule has 0 radical (unpaired) electrons. The number of ether oxygens (including phenoxy) is 4. The molecule has 1 aliphatic heterocycles. The zero-order chi connectivity index (χ0) is 29.6. The van der Waals surface area contributed by atoms with Gasteiger partial charge in [-0.2, -0.15) is 0 Å². The highest BCUT2D eigenvalue weighted by Crippen LogP contribution is 2.32. The van der Waals surface area contributed by atoms with Gasteiger partial charge in [0.2, 0.25) is 0 Å². The van der Waals surface area contributed by atoms with E-state index < -0.39 is 0 Å². The average molecular weight is 576 g/mol. The maximum Gasteiger partial charge on any atom is 0.119 e. The molecule has 1 aliphatic rings. The third-order valence-electron chi connectivity index (χ3n) is 7.69. The Morgan fingerprint density at radius 3 is 2.21 bits per heavy atom. The maximum absolute atomic E-state index is 9.80. The largest absolute Gasteiger partial charge is 0.494 e. The van der Waals surface area contributed by atoms with Crippen molar-refractivity contribution in [3.05, 3.63) is 101 Å². The van der Waals surface area contributed by atoms with Crippen LogP contribution in [0.5, 0.6) is 5.75 Å². The van der Waals surface area contributed by atoms with Gasteiger partial charge in [0.25, 0.3) is 0 Å². The second-order valence-electron chi connectivity index (χ2n) is 12.5. The summed E-state index contributed by atoms with van der Waals surface area (Å²) in [6.45, 7) is 12.1. The zero-order valence-electron chi connectivity index (χ0n) is 25.7. The first kappa shape index (κ1) is 32.2. The molecule has 0 saturated carbocycles. The Morgan fingerprint density at radius 2 is 1.48 bits per heavy atom. The third-order valence-corrected chi connectivity index (χ3v) is 7.69. The van der Waals surface area contributed by atoms with Gasteiger partial charge >= 0.3 is 0 Å². The van der Waals surface area contributed by atoms with Gasteiger partial charge in [0, 0.05) is 32.0 Å². The van der Waals surface area contributed by atoms with Gasteiger partial charge in [-0.05, 0) is 52.6 Å². The van der Waals surface area contributed by atoms with E-state index in [1.165, 1.54) is 16.7 Å². The molecule has 0 amide bonds. The minimum atomic E-state index is -0.00822. The fourth-order valence-electron chi connectivity index (χ4n) is 5.17. The normalized spacial score (nSPS) is 17.8. The lowest BCUT2D eigenvalue weighted by atomic mass is 9.87. The molecule has 1 saturated heterocycles. The highest BCUT2D eigenvalue weighted by Gasteiger charge is 2.31. The number of hydrogen-bond donors (Lipinski definition) is 1. The average Bonchev–Trinajstić information content (AvgIpc) is 3.00. The minimum Gasteiger partial charge on any atom is -0.494 e. The summed E-state index contributed by atoms with van der Waals surface area (Å²) in [5.41, 5.74) is 5.02. The van der Waals surface area contributed by atoms with Gasteiger partial charge in [-0.25, -0.2) is 0 Å². The summed E-state index contributed by atoms with van der Waals surface area (Å²) in [6.07, 6.45) is 2.81. The van der Waals surface area contributed by atoms with E-state index >= 15 is 0 Å². The van der Waals surface area contributed by atoms with Crippen LogP contribution in [0.15, 0.2) is 78.9 Å². The van der Waals surface area contributed by atoms with Crippen LogP contribution >= 0.6 is 0 Å². The van der Waals surface area contributed by atoms with Crippen molar-refractivity contribution in [2.45, 2.75) is 71.9 Å². The van der Waals surface area contributed by atoms with Gasteiger partial charge in [-0.1, -0.05) is 87.5 Å². The third kappa shape index (κ3) is 11.2. The molecule has 1 fully saturated rings. The number of aliphatic hydroxyl groups excluding tert-OH is 1. The van der Waals surface area contributed by atoms with Crippen molar-refractivity contribution < 1.29 is 24.1 Å². The van der Waals surface area contributed by atoms with Crippen LogP contribution < -0.4 is 4.74 Å². The Kier molecular flexibility index (Phi) is 12.9. The molecule has 0 aliphatic carbocycles. The highest BCUT2D eigenvalue weighted by molar-refractivity contribution is 5.31. The molecule has 4 rings (SSSR count). The van der Waals surface area contributed by atoms with Crippen molar-refractivity contribution in [3.63, 3.8) is 0 Å². The first-order valence-electron chi connectivity index (χ1n) is 15.3. The molecule has 1 N–H and O–H groups in total. The summed E-state index contributed by atoms with van der Waals surface area (Å²) >= 11 is 0. The number of aliphatic hydroxyl groups is 1. The van der Waals surface area contributed by atoms with E-state index in [4.69, 9.17) is 18.9 Å². The van der Waals surface area contributed by atoms with E-state index in [1.807, 2.05) is 18.2 Å². The van der Waals surface area contributed by atoms with Gasteiger partial charge < -0.3 is 24.1 Å². The molecule has 1 heterocycles. The molecule has 2 unspecified atom stereocenters. The molecular formula is C36H49NO5. The van der Waals surface area contributed by atoms with Crippen LogP contribution in [0.4, 0.5) is 0 Å². The van der Waals surface area contributed by atoms with Crippen LogP contribution in [0.25, 0.3) is 0 Å². The Hall–Kier alpha value is -2.74. The van der Waals surface area contributed by atoms with Crippen molar-refractivity contribution in [1.29, 1.82) is 0 Å². The number of rotatable bonds is 16. The van der Waals surface area contributed by atoms with Crippen molar-refractivity contribution >= 4 is 0 Å². The SMILES string of the molecule is CC(C)(C)CCOCc1cccc(COC2CN(CO)CCC2c2ccc(OCCCOCc3ccccc3)cc2)c1. The molecule has 0 aromatic heterocycles. The van der Waals surface area contributed by atoms with Crippen molar-refractivity contribution in [3.8, 4) is 5.75 Å². The van der Waals surface area contributed by atoms with Gasteiger partial charge in [-0.15, -0.1) is 0 Å². The van der Waals surface area contributed by atoms with E-state index in [2.05, 4.69) is 86.3 Å². The van der Waals surface area contributed by atoms with E-state index in [0.29, 0.717) is 39.6 Å². The number of benzene rings is 3. The predicted octanol–water partition coefficient (Wildman–Crippen LogP) is 6.95. The van der Waals surface area contributed by atoms with Gasteiger partial charge in [0.1, 0.15) is 5.75 Å². The van der Waals surface area contributed by atoms with Gasteiger partial charge in [0.15, 0.2) is 0 Å². The Bertz CT molecular complexity index is 1160. The second-order valence-corrected chi connectivity index (χ2v) is 12.5. The maximum atomic E-state index is 9.80. The van der Waals surface area contributed by atoms with Gasteiger partial charge in [-0.3, -0.25) is 4.90 Å². The Balaban J connectivity index is 1.24. The summed E-state index contributed by atoms with van der Waals surface area (Å²) in [7, 11) is 0. The molecule has 3 aromatic rings. The van der Waals surface area contributed by atoms with E-state index in [0.717, 1.165) is 43.7 Å². The van der Waals surface area contributed by atoms with E-state index in [9.17, 15) is 5.11 Å². The highest BCUT2D eigenvalue weighted by atomic mass is 16.5. The Labute approximate surface area is 252 Å². The zero-order valence-corrected chi connectivity index (χ0v) is 25.7. The topological polar surface area (TPSA) is 60.4 Å². The fourth-order valence-corrected chi connectivity index (χ4v) is 5.17. The van der Waals surface area contributed by atoms with Crippen LogP contribution in [0, 0.1) is 5.41 Å². The first-order valence-corrected chi connectivity index (χ1v) is 15.3. The van der Waals surface area contributed by atoms with Crippen LogP contribution in [-0.4, -0.2) is 55.8 Å². The number of hydrogen-bond acceptors (Lipinski definition) is 6. The Morgan fingerprint density at radius 1 is 0.786 bits per heavy atom. The standard InChI is InChI=1S/C36H49NO5/c1-36(2,3)18-22-40-26-30-11-7-12-31(23-30)27-42-35-24-37(28-38)19-17-34(35)32-13-15-33(16-14-32)41-21-8-20-39-25-29-9-5-4-6-10-29/h4-7,9-16,23,34-35,38H,8,17-22,24-28H2,1-3H3. The van der Waals surface area contributed by atoms with E-state index in [-0.39, 0.29) is 24.2 Å². The van der Waals surface area contributed by atoms with Gasteiger partial charge in [0.05, 0.1) is 45.9 Å². The molecule has 6 heteroatoms. The quantitative estimate of drug-likeness (QED) is 0.187. The van der Waals surface area contributed by atoms with E-state index in [1.54, 1.807) is 0 Å². The van der Waals surface area contributed by atoms with Crippen LogP contribution in [0.2, 0.25) is 0 Å². The number of nitrogens with zero attached hydrogens (tertiary/aromatic N) is 1. The van der Waals surface area contributed by atoms with Crippen LogP contribution in [-0.2, 0) is 34.0 Å². The lowest BCUT2D eigenvalue weighted by molar-refractivity contribution is -0.0443. The lowest BCUT2D eigenvalue weighted by Crippen LogP contribution is -2.44. The molecule has 6 nitrogen and oxygen atoms in total. The van der Waals surface area contributed by atoms with Crippen LogP contribution in [0.3, 0.4) is 0 Å². The number of piperidine rings is 1. The summed E-state index contributed by atoms with van der Waals surface area (Å²) in [4.78, 5) is 2.05.